The molecule has 84 valence electrons. The van der Waals surface area contributed by atoms with E-state index >= 15 is 0 Å². The van der Waals surface area contributed by atoms with Crippen LogP contribution in [0.1, 0.15) is 32.6 Å². The van der Waals surface area contributed by atoms with Gasteiger partial charge in [-0.1, -0.05) is 6.92 Å². The molecule has 0 saturated heterocycles. The molecular weight excluding hydrogens is 176 g/mol. The Bertz CT molecular complexity index is 148. The Morgan fingerprint density at radius 2 is 2.29 bits per heavy atom. The Kier molecular flexibility index (Phi) is 5.45. The quantitative estimate of drug-likeness (QED) is 0.675. The van der Waals surface area contributed by atoms with E-state index in [1.807, 2.05) is 0 Å². The lowest BCUT2D eigenvalue weighted by atomic mass is 10.1. The minimum Gasteiger partial charge on any atom is -0.380 e. The SMILES string of the molecule is COC(CN)CCNC1CCC(C)C1. The topological polar surface area (TPSA) is 47.3 Å². The van der Waals surface area contributed by atoms with Crippen LogP contribution in [0.2, 0.25) is 0 Å². The number of nitrogens with two attached hydrogens (primary N) is 1. The zero-order valence-corrected chi connectivity index (χ0v) is 9.46. The Labute approximate surface area is 87.4 Å². The molecule has 1 fully saturated rings. The third-order valence-electron chi connectivity index (χ3n) is 3.19. The highest BCUT2D eigenvalue weighted by atomic mass is 16.5. The van der Waals surface area contributed by atoms with Crippen molar-refractivity contribution in [1.29, 1.82) is 0 Å². The third-order valence-corrected chi connectivity index (χ3v) is 3.19. The van der Waals surface area contributed by atoms with Crippen molar-refractivity contribution in [2.24, 2.45) is 11.7 Å². The van der Waals surface area contributed by atoms with Crippen molar-refractivity contribution < 1.29 is 4.74 Å². The van der Waals surface area contributed by atoms with Crippen molar-refractivity contribution in [1.82, 2.24) is 5.32 Å². The summed E-state index contributed by atoms with van der Waals surface area (Å²) >= 11 is 0. The summed E-state index contributed by atoms with van der Waals surface area (Å²) < 4.78 is 5.22. The van der Waals surface area contributed by atoms with E-state index < -0.39 is 0 Å². The van der Waals surface area contributed by atoms with E-state index in [9.17, 15) is 0 Å². The predicted molar refractivity (Wildman–Crippen MR) is 59.3 cm³/mol. The van der Waals surface area contributed by atoms with Crippen LogP contribution in [0.3, 0.4) is 0 Å². The van der Waals surface area contributed by atoms with Gasteiger partial charge in [0.25, 0.3) is 0 Å². The summed E-state index contributed by atoms with van der Waals surface area (Å²) in [7, 11) is 1.73. The Morgan fingerprint density at radius 1 is 1.50 bits per heavy atom. The fraction of sp³-hybridized carbons (Fsp3) is 1.00. The highest BCUT2D eigenvalue weighted by molar-refractivity contribution is 4.78. The van der Waals surface area contributed by atoms with Gasteiger partial charge >= 0.3 is 0 Å². The number of ether oxygens (including phenoxy) is 1. The number of rotatable bonds is 6. The molecule has 0 radical (unpaired) electrons. The molecule has 14 heavy (non-hydrogen) atoms. The number of nitrogens with one attached hydrogen (secondary N) is 1. The molecule has 3 N–H and O–H groups in total. The third kappa shape index (κ3) is 3.95. The van der Waals surface area contributed by atoms with Crippen molar-refractivity contribution in [2.45, 2.75) is 44.8 Å². The first-order valence-electron chi connectivity index (χ1n) is 5.72. The summed E-state index contributed by atoms with van der Waals surface area (Å²) in [5, 5.41) is 3.58. The van der Waals surface area contributed by atoms with Crippen LogP contribution in [0.25, 0.3) is 0 Å². The Balaban J connectivity index is 2.03. The second-order valence-corrected chi connectivity index (χ2v) is 4.45. The Hall–Kier alpha value is -0.120. The monoisotopic (exact) mass is 200 g/mol. The molecule has 0 heterocycles. The van der Waals surface area contributed by atoms with E-state index in [4.69, 9.17) is 10.5 Å². The van der Waals surface area contributed by atoms with Crippen LogP contribution in [-0.2, 0) is 4.74 Å². The average Bonchev–Trinajstić information content (AvgIpc) is 2.59. The molecule has 1 rings (SSSR count). The fourth-order valence-corrected chi connectivity index (χ4v) is 2.17. The van der Waals surface area contributed by atoms with E-state index in [1.165, 1.54) is 19.3 Å². The van der Waals surface area contributed by atoms with E-state index in [0.717, 1.165) is 24.9 Å². The van der Waals surface area contributed by atoms with Gasteiger partial charge in [-0.15, -0.1) is 0 Å². The summed E-state index contributed by atoms with van der Waals surface area (Å²) in [5.41, 5.74) is 5.55. The fourth-order valence-electron chi connectivity index (χ4n) is 2.17. The smallest absolute Gasteiger partial charge is 0.0705 e. The van der Waals surface area contributed by atoms with Crippen LogP contribution in [0.4, 0.5) is 0 Å². The van der Waals surface area contributed by atoms with Crippen molar-refractivity contribution in [3.8, 4) is 0 Å². The van der Waals surface area contributed by atoms with E-state index in [1.54, 1.807) is 7.11 Å². The minimum absolute atomic E-state index is 0.223. The second kappa shape index (κ2) is 6.38. The van der Waals surface area contributed by atoms with Crippen LogP contribution in [0, 0.1) is 5.92 Å². The van der Waals surface area contributed by atoms with Crippen molar-refractivity contribution in [3.05, 3.63) is 0 Å². The first kappa shape index (κ1) is 12.0. The molecule has 0 spiro atoms. The first-order valence-corrected chi connectivity index (χ1v) is 5.72. The molecule has 0 aromatic rings. The summed E-state index contributed by atoms with van der Waals surface area (Å²) in [6.45, 7) is 3.99. The van der Waals surface area contributed by atoms with Gasteiger partial charge in [0, 0.05) is 19.7 Å². The molecule has 3 nitrogen and oxygen atoms in total. The molecule has 3 heteroatoms. The van der Waals surface area contributed by atoms with Gasteiger partial charge in [0.05, 0.1) is 6.10 Å². The summed E-state index contributed by atoms with van der Waals surface area (Å²) in [6.07, 6.45) is 5.29. The maximum absolute atomic E-state index is 5.55. The van der Waals surface area contributed by atoms with Crippen LogP contribution in [0.15, 0.2) is 0 Å². The van der Waals surface area contributed by atoms with Gasteiger partial charge in [-0.25, -0.2) is 0 Å². The summed E-state index contributed by atoms with van der Waals surface area (Å²) in [4.78, 5) is 0. The summed E-state index contributed by atoms with van der Waals surface area (Å²) in [6, 6.07) is 0.736. The minimum atomic E-state index is 0.223. The average molecular weight is 200 g/mol. The molecule has 0 aromatic carbocycles. The predicted octanol–water partition coefficient (Wildman–Crippen LogP) is 1.13. The molecule has 0 aliphatic heterocycles. The van der Waals surface area contributed by atoms with Crippen molar-refractivity contribution in [2.75, 3.05) is 20.2 Å². The molecule has 3 unspecified atom stereocenters. The standard InChI is InChI=1S/C11H24N2O/c1-9-3-4-10(7-9)13-6-5-11(8-12)14-2/h9-11,13H,3-8,12H2,1-2H3. The molecule has 0 aromatic heterocycles. The number of hydrogen-bond acceptors (Lipinski definition) is 3. The van der Waals surface area contributed by atoms with Gasteiger partial charge in [-0.05, 0) is 38.1 Å². The molecule has 0 amide bonds. The molecule has 1 aliphatic carbocycles. The maximum Gasteiger partial charge on any atom is 0.0705 e. The number of methoxy groups -OCH3 is 1. The van der Waals surface area contributed by atoms with Crippen molar-refractivity contribution in [3.63, 3.8) is 0 Å². The van der Waals surface area contributed by atoms with Crippen molar-refractivity contribution >= 4 is 0 Å². The molecular formula is C11H24N2O. The normalized spacial score (nSPS) is 29.4. The zero-order valence-electron chi connectivity index (χ0n) is 9.46. The first-order chi connectivity index (χ1) is 6.76. The zero-order chi connectivity index (χ0) is 10.4. The van der Waals surface area contributed by atoms with Gasteiger partial charge < -0.3 is 15.8 Å². The molecule has 0 bridgehead atoms. The van der Waals surface area contributed by atoms with E-state index in [2.05, 4.69) is 12.2 Å². The van der Waals surface area contributed by atoms with Gasteiger partial charge in [0.1, 0.15) is 0 Å². The van der Waals surface area contributed by atoms with Crippen LogP contribution in [0.5, 0.6) is 0 Å². The lowest BCUT2D eigenvalue weighted by Crippen LogP contribution is -2.32. The lowest BCUT2D eigenvalue weighted by Gasteiger charge is -2.16. The van der Waals surface area contributed by atoms with Crippen LogP contribution >= 0.6 is 0 Å². The van der Waals surface area contributed by atoms with E-state index in [0.29, 0.717) is 6.54 Å². The lowest BCUT2D eigenvalue weighted by molar-refractivity contribution is 0.101. The highest BCUT2D eigenvalue weighted by Gasteiger charge is 2.20. The van der Waals surface area contributed by atoms with Gasteiger partial charge in [-0.2, -0.15) is 0 Å². The molecule has 1 aliphatic rings. The van der Waals surface area contributed by atoms with Gasteiger partial charge in [-0.3, -0.25) is 0 Å². The highest BCUT2D eigenvalue weighted by Crippen LogP contribution is 2.24. The maximum atomic E-state index is 5.55. The van der Waals surface area contributed by atoms with Gasteiger partial charge in [0.2, 0.25) is 0 Å². The van der Waals surface area contributed by atoms with Crippen LogP contribution < -0.4 is 11.1 Å². The molecule has 1 saturated carbocycles. The van der Waals surface area contributed by atoms with E-state index in [-0.39, 0.29) is 6.10 Å². The Morgan fingerprint density at radius 3 is 2.79 bits per heavy atom. The van der Waals surface area contributed by atoms with Gasteiger partial charge in [0.15, 0.2) is 0 Å². The number of hydrogen-bond donors (Lipinski definition) is 2. The molecule has 3 atom stereocenters. The van der Waals surface area contributed by atoms with Crippen LogP contribution in [-0.4, -0.2) is 32.3 Å². The second-order valence-electron chi connectivity index (χ2n) is 4.45. The largest absolute Gasteiger partial charge is 0.380 e. The summed E-state index contributed by atoms with van der Waals surface area (Å²) in [5.74, 6) is 0.903.